The Labute approximate surface area is 110 Å². The number of aliphatic hydroxyl groups is 1. The van der Waals surface area contributed by atoms with E-state index >= 15 is 0 Å². The molecule has 0 aliphatic carbocycles. The van der Waals surface area contributed by atoms with Crippen LogP contribution in [-0.2, 0) is 14.9 Å². The Morgan fingerprint density at radius 2 is 2.17 bits per heavy atom. The summed E-state index contributed by atoms with van der Waals surface area (Å²) < 4.78 is 32.6. The van der Waals surface area contributed by atoms with Crippen LogP contribution in [0.3, 0.4) is 0 Å². The molecule has 0 aromatic carbocycles. The standard InChI is InChI=1S/C11H24N2O4S/c1-3-17-9-8-12(2)18(15,16)13-7-5-4-6-11(13)10-14/h11,14H,3-10H2,1-2H3. The first kappa shape index (κ1) is 15.8. The highest BCUT2D eigenvalue weighted by Crippen LogP contribution is 2.21. The van der Waals surface area contributed by atoms with Gasteiger partial charge in [0.2, 0.25) is 0 Å². The molecule has 0 amide bonds. The number of ether oxygens (including phenoxy) is 1. The molecule has 1 N–H and O–H groups in total. The van der Waals surface area contributed by atoms with Crippen LogP contribution in [0, 0.1) is 0 Å². The zero-order valence-corrected chi connectivity index (χ0v) is 12.0. The van der Waals surface area contributed by atoms with Gasteiger partial charge in [0, 0.05) is 32.8 Å². The van der Waals surface area contributed by atoms with E-state index in [1.165, 1.54) is 8.61 Å². The fourth-order valence-corrected chi connectivity index (χ4v) is 3.66. The molecule has 0 aromatic heterocycles. The summed E-state index contributed by atoms with van der Waals surface area (Å²) in [5.41, 5.74) is 0. The monoisotopic (exact) mass is 280 g/mol. The summed E-state index contributed by atoms with van der Waals surface area (Å²) in [5.74, 6) is 0. The molecule has 1 aliphatic rings. The minimum atomic E-state index is -3.48. The number of aliphatic hydroxyl groups excluding tert-OH is 1. The van der Waals surface area contributed by atoms with E-state index in [1.807, 2.05) is 6.92 Å². The lowest BCUT2D eigenvalue weighted by atomic mass is 10.1. The minimum absolute atomic E-state index is 0.113. The average molecular weight is 280 g/mol. The van der Waals surface area contributed by atoms with Crippen LogP contribution in [0.5, 0.6) is 0 Å². The largest absolute Gasteiger partial charge is 0.395 e. The smallest absolute Gasteiger partial charge is 0.282 e. The Morgan fingerprint density at radius 3 is 2.78 bits per heavy atom. The van der Waals surface area contributed by atoms with Crippen LogP contribution in [0.1, 0.15) is 26.2 Å². The SMILES string of the molecule is CCOCCN(C)S(=O)(=O)N1CCCCC1CO. The van der Waals surface area contributed by atoms with Crippen molar-refractivity contribution >= 4 is 10.2 Å². The van der Waals surface area contributed by atoms with E-state index in [2.05, 4.69) is 0 Å². The fraction of sp³-hybridized carbons (Fsp3) is 1.00. The summed E-state index contributed by atoms with van der Waals surface area (Å²) in [6.07, 6.45) is 2.56. The second kappa shape index (κ2) is 7.40. The van der Waals surface area contributed by atoms with Crippen LogP contribution in [0.25, 0.3) is 0 Å². The molecule has 6 nitrogen and oxygen atoms in total. The van der Waals surface area contributed by atoms with Crippen molar-refractivity contribution in [2.45, 2.75) is 32.2 Å². The highest BCUT2D eigenvalue weighted by Gasteiger charge is 2.34. The molecular formula is C11H24N2O4S. The van der Waals surface area contributed by atoms with Gasteiger partial charge in [-0.25, -0.2) is 0 Å². The van der Waals surface area contributed by atoms with E-state index in [-0.39, 0.29) is 12.6 Å². The highest BCUT2D eigenvalue weighted by atomic mass is 32.2. The van der Waals surface area contributed by atoms with Gasteiger partial charge >= 0.3 is 0 Å². The van der Waals surface area contributed by atoms with Gasteiger partial charge in [-0.2, -0.15) is 17.0 Å². The number of piperidine rings is 1. The van der Waals surface area contributed by atoms with Crippen LogP contribution in [0.4, 0.5) is 0 Å². The van der Waals surface area contributed by atoms with Crippen LogP contribution in [0.2, 0.25) is 0 Å². The van der Waals surface area contributed by atoms with Crippen molar-refractivity contribution in [1.29, 1.82) is 0 Å². The predicted octanol–water partition coefficient (Wildman–Crippen LogP) is 0.0463. The van der Waals surface area contributed by atoms with Gasteiger partial charge in [0.25, 0.3) is 10.2 Å². The molecule has 1 saturated heterocycles. The summed E-state index contributed by atoms with van der Waals surface area (Å²) in [7, 11) is -1.92. The number of likely N-dealkylation sites (N-methyl/N-ethyl adjacent to an activating group) is 1. The highest BCUT2D eigenvalue weighted by molar-refractivity contribution is 7.86. The fourth-order valence-electron chi connectivity index (χ4n) is 2.09. The Bertz CT molecular complexity index is 334. The molecule has 0 aromatic rings. The topological polar surface area (TPSA) is 70.1 Å². The lowest BCUT2D eigenvalue weighted by molar-refractivity contribution is 0.128. The van der Waals surface area contributed by atoms with Gasteiger partial charge in [0.15, 0.2) is 0 Å². The Balaban J connectivity index is 2.65. The molecule has 1 rings (SSSR count). The zero-order chi connectivity index (χ0) is 13.6. The van der Waals surface area contributed by atoms with Crippen LogP contribution >= 0.6 is 0 Å². The summed E-state index contributed by atoms with van der Waals surface area (Å²) in [6.45, 7) is 3.57. The summed E-state index contributed by atoms with van der Waals surface area (Å²) >= 11 is 0. The molecule has 1 heterocycles. The van der Waals surface area contributed by atoms with Crippen LogP contribution < -0.4 is 0 Å². The molecule has 0 saturated carbocycles. The molecule has 1 atom stereocenters. The van der Waals surface area contributed by atoms with Gasteiger partial charge in [-0.1, -0.05) is 6.42 Å². The quantitative estimate of drug-likeness (QED) is 0.669. The van der Waals surface area contributed by atoms with Gasteiger partial charge < -0.3 is 9.84 Å². The van der Waals surface area contributed by atoms with Crippen molar-refractivity contribution in [2.75, 3.05) is 40.0 Å². The summed E-state index contributed by atoms with van der Waals surface area (Å²) in [5, 5.41) is 9.27. The third kappa shape index (κ3) is 3.89. The first-order chi connectivity index (χ1) is 8.54. The van der Waals surface area contributed by atoms with Crippen molar-refractivity contribution < 1.29 is 18.3 Å². The molecule has 0 bridgehead atoms. The first-order valence-electron chi connectivity index (χ1n) is 6.45. The molecule has 0 spiro atoms. The number of nitrogens with zero attached hydrogens (tertiary/aromatic N) is 2. The third-order valence-corrected chi connectivity index (χ3v) is 5.27. The van der Waals surface area contributed by atoms with E-state index in [0.717, 1.165) is 19.3 Å². The maximum Gasteiger partial charge on any atom is 0.282 e. The van der Waals surface area contributed by atoms with Gasteiger partial charge in [-0.05, 0) is 19.8 Å². The average Bonchev–Trinajstić information content (AvgIpc) is 2.38. The normalized spacial score (nSPS) is 22.6. The molecule has 1 aliphatic heterocycles. The second-order valence-corrected chi connectivity index (χ2v) is 6.46. The van der Waals surface area contributed by atoms with Gasteiger partial charge in [0.05, 0.1) is 13.2 Å². The summed E-state index contributed by atoms with van der Waals surface area (Å²) in [4.78, 5) is 0. The Hall–Kier alpha value is -0.210. The summed E-state index contributed by atoms with van der Waals surface area (Å²) in [6, 6.07) is -0.279. The van der Waals surface area contributed by atoms with E-state index in [1.54, 1.807) is 7.05 Å². The third-order valence-electron chi connectivity index (χ3n) is 3.23. The van der Waals surface area contributed by atoms with E-state index in [0.29, 0.717) is 26.3 Å². The lowest BCUT2D eigenvalue weighted by Gasteiger charge is -2.36. The van der Waals surface area contributed by atoms with Crippen molar-refractivity contribution in [3.63, 3.8) is 0 Å². The van der Waals surface area contributed by atoms with Crippen molar-refractivity contribution in [1.82, 2.24) is 8.61 Å². The van der Waals surface area contributed by atoms with Gasteiger partial charge in [0.1, 0.15) is 0 Å². The maximum atomic E-state index is 12.3. The molecule has 18 heavy (non-hydrogen) atoms. The van der Waals surface area contributed by atoms with Crippen molar-refractivity contribution in [3.05, 3.63) is 0 Å². The molecule has 108 valence electrons. The number of hydrogen-bond acceptors (Lipinski definition) is 4. The van der Waals surface area contributed by atoms with Crippen molar-refractivity contribution in [3.8, 4) is 0 Å². The second-order valence-electron chi connectivity index (χ2n) is 4.47. The molecule has 0 radical (unpaired) electrons. The maximum absolute atomic E-state index is 12.3. The molecule has 1 unspecified atom stereocenters. The minimum Gasteiger partial charge on any atom is -0.395 e. The number of hydrogen-bond donors (Lipinski definition) is 1. The zero-order valence-electron chi connectivity index (χ0n) is 11.2. The lowest BCUT2D eigenvalue weighted by Crippen LogP contribution is -2.51. The number of rotatable bonds is 7. The van der Waals surface area contributed by atoms with Crippen LogP contribution in [0.15, 0.2) is 0 Å². The van der Waals surface area contributed by atoms with Crippen LogP contribution in [-0.4, -0.2) is 68.1 Å². The van der Waals surface area contributed by atoms with Gasteiger partial charge in [-0.3, -0.25) is 0 Å². The molecule has 1 fully saturated rings. The van der Waals surface area contributed by atoms with Gasteiger partial charge in [-0.15, -0.1) is 0 Å². The Kier molecular flexibility index (Phi) is 6.51. The van der Waals surface area contributed by atoms with E-state index in [9.17, 15) is 13.5 Å². The van der Waals surface area contributed by atoms with Crippen molar-refractivity contribution in [2.24, 2.45) is 0 Å². The molecule has 7 heteroatoms. The Morgan fingerprint density at radius 1 is 1.44 bits per heavy atom. The first-order valence-corrected chi connectivity index (χ1v) is 7.85. The van der Waals surface area contributed by atoms with E-state index < -0.39 is 10.2 Å². The predicted molar refractivity (Wildman–Crippen MR) is 69.5 cm³/mol. The van der Waals surface area contributed by atoms with E-state index in [4.69, 9.17) is 4.74 Å². The molecular weight excluding hydrogens is 256 g/mol.